The molecule has 4 rings (SSSR count). The SMILES string of the molecule is CCn1ncc(C(=O)c2cc(Cl)c3c(c2C)C2(CCS3(=O)=O)SCCS2)c1O. The van der Waals surface area contributed by atoms with E-state index in [2.05, 4.69) is 5.10 Å². The van der Waals surface area contributed by atoms with Crippen LogP contribution >= 0.6 is 35.1 Å². The summed E-state index contributed by atoms with van der Waals surface area (Å²) in [5.41, 5.74) is 1.64. The van der Waals surface area contributed by atoms with E-state index in [4.69, 9.17) is 11.6 Å². The molecule has 0 bridgehead atoms. The number of aromatic hydroxyl groups is 1. The minimum Gasteiger partial charge on any atom is -0.493 e. The van der Waals surface area contributed by atoms with Crippen LogP contribution in [0, 0.1) is 6.92 Å². The molecule has 6 nitrogen and oxygen atoms in total. The van der Waals surface area contributed by atoms with E-state index in [1.165, 1.54) is 16.9 Å². The molecule has 2 aromatic rings. The fourth-order valence-electron chi connectivity index (χ4n) is 3.88. The molecule has 0 atom stereocenters. The number of rotatable bonds is 3. The molecule has 1 saturated heterocycles. The van der Waals surface area contributed by atoms with Crippen molar-refractivity contribution in [3.8, 4) is 5.88 Å². The molecule has 0 amide bonds. The third-order valence-corrected chi connectivity index (χ3v) is 11.0. The highest BCUT2D eigenvalue weighted by molar-refractivity contribution is 8.20. The number of aromatic nitrogens is 2. The average molecular weight is 459 g/mol. The summed E-state index contributed by atoms with van der Waals surface area (Å²) in [5.74, 6) is 1.28. The summed E-state index contributed by atoms with van der Waals surface area (Å²) >= 11 is 9.88. The van der Waals surface area contributed by atoms with Gasteiger partial charge in [-0.15, -0.1) is 23.5 Å². The number of nitrogens with zero attached hydrogens (tertiary/aromatic N) is 2. The highest BCUT2D eigenvalue weighted by Gasteiger charge is 2.48. The number of carbonyl (C=O) groups excluding carboxylic acids is 1. The number of benzene rings is 1. The Hall–Kier alpha value is -1.16. The second-order valence-electron chi connectivity index (χ2n) is 6.78. The van der Waals surface area contributed by atoms with Gasteiger partial charge in [0, 0.05) is 29.2 Å². The van der Waals surface area contributed by atoms with Gasteiger partial charge in [0.2, 0.25) is 5.88 Å². The Kier molecular flexibility index (Phi) is 5.01. The highest BCUT2D eigenvalue weighted by Crippen LogP contribution is 2.60. The number of carbonyl (C=O) groups is 1. The molecule has 0 unspecified atom stereocenters. The molecule has 2 aliphatic rings. The summed E-state index contributed by atoms with van der Waals surface area (Å²) in [4.78, 5) is 13.3. The van der Waals surface area contributed by atoms with Crippen LogP contribution in [0.3, 0.4) is 0 Å². The lowest BCUT2D eigenvalue weighted by Crippen LogP contribution is -2.31. The molecular weight excluding hydrogens is 440 g/mol. The number of hydrogen-bond acceptors (Lipinski definition) is 7. The summed E-state index contributed by atoms with van der Waals surface area (Å²) in [5, 5.41) is 14.4. The van der Waals surface area contributed by atoms with Crippen molar-refractivity contribution in [2.45, 2.75) is 35.8 Å². The topological polar surface area (TPSA) is 89.3 Å². The molecule has 3 heterocycles. The van der Waals surface area contributed by atoms with Crippen molar-refractivity contribution in [2.24, 2.45) is 0 Å². The van der Waals surface area contributed by atoms with Gasteiger partial charge in [0.15, 0.2) is 15.6 Å². The average Bonchev–Trinajstić information content (AvgIpc) is 3.27. The van der Waals surface area contributed by atoms with E-state index in [9.17, 15) is 18.3 Å². The van der Waals surface area contributed by atoms with E-state index in [1.807, 2.05) is 6.92 Å². The van der Waals surface area contributed by atoms with Crippen molar-refractivity contribution in [3.05, 3.63) is 39.5 Å². The third kappa shape index (κ3) is 2.89. The lowest BCUT2D eigenvalue weighted by molar-refractivity contribution is 0.103. The number of ketones is 1. The van der Waals surface area contributed by atoms with Gasteiger partial charge in [-0.25, -0.2) is 13.1 Å². The van der Waals surface area contributed by atoms with E-state index < -0.39 is 19.7 Å². The first-order valence-corrected chi connectivity index (χ1v) is 12.9. The molecule has 28 heavy (non-hydrogen) atoms. The molecule has 10 heteroatoms. The maximum absolute atomic E-state index is 13.2. The minimum atomic E-state index is -3.51. The zero-order valence-electron chi connectivity index (χ0n) is 15.4. The van der Waals surface area contributed by atoms with Crippen LogP contribution in [0.25, 0.3) is 0 Å². The van der Waals surface area contributed by atoms with Crippen molar-refractivity contribution < 1.29 is 18.3 Å². The Balaban J connectivity index is 1.96. The van der Waals surface area contributed by atoms with Crippen molar-refractivity contribution in [1.29, 1.82) is 0 Å². The van der Waals surface area contributed by atoms with Crippen LogP contribution in [-0.2, 0) is 20.5 Å². The molecule has 0 aliphatic carbocycles. The van der Waals surface area contributed by atoms with Gasteiger partial charge in [-0.05, 0) is 31.9 Å². The van der Waals surface area contributed by atoms with Gasteiger partial charge in [0.05, 0.1) is 25.9 Å². The standard InChI is InChI=1S/C18H19ClN2O4S3/c1-3-21-17(23)12(9-20-21)15(22)11-8-13(19)16-14(10(11)2)18(26-5-6-27-18)4-7-28(16,24)25/h8-9,23H,3-7H2,1-2H3. The molecule has 1 fully saturated rings. The third-order valence-electron chi connectivity index (χ3n) is 5.24. The van der Waals surface area contributed by atoms with E-state index in [-0.39, 0.29) is 27.1 Å². The van der Waals surface area contributed by atoms with E-state index >= 15 is 0 Å². The van der Waals surface area contributed by atoms with Gasteiger partial charge in [-0.1, -0.05) is 11.6 Å². The Morgan fingerprint density at radius 2 is 2.04 bits per heavy atom. The molecule has 1 aromatic carbocycles. The Morgan fingerprint density at radius 3 is 2.64 bits per heavy atom. The molecule has 2 aliphatic heterocycles. The largest absolute Gasteiger partial charge is 0.493 e. The molecule has 1 spiro atoms. The zero-order chi connectivity index (χ0) is 20.3. The monoisotopic (exact) mass is 458 g/mol. The fourth-order valence-corrected chi connectivity index (χ4v) is 10.0. The van der Waals surface area contributed by atoms with Crippen LogP contribution in [0.4, 0.5) is 0 Å². The predicted molar refractivity (Wildman–Crippen MR) is 112 cm³/mol. The summed E-state index contributed by atoms with van der Waals surface area (Å²) in [7, 11) is -3.51. The van der Waals surface area contributed by atoms with Crippen LogP contribution in [0.1, 0.15) is 40.4 Å². The molecular formula is C18H19ClN2O4S3. The molecule has 0 radical (unpaired) electrons. The van der Waals surface area contributed by atoms with Gasteiger partial charge in [0.1, 0.15) is 5.56 Å². The smallest absolute Gasteiger partial charge is 0.220 e. The normalized spacial score (nSPS) is 19.7. The van der Waals surface area contributed by atoms with Gasteiger partial charge in [0.25, 0.3) is 0 Å². The van der Waals surface area contributed by atoms with Crippen LogP contribution in [0.2, 0.25) is 5.02 Å². The van der Waals surface area contributed by atoms with Crippen molar-refractivity contribution in [3.63, 3.8) is 0 Å². The summed E-state index contributed by atoms with van der Waals surface area (Å²) in [6, 6.07) is 1.42. The first-order valence-electron chi connectivity index (χ1n) is 8.85. The van der Waals surface area contributed by atoms with Gasteiger partial charge < -0.3 is 5.11 Å². The van der Waals surface area contributed by atoms with Crippen LogP contribution in [0.15, 0.2) is 17.2 Å². The predicted octanol–water partition coefficient (Wildman–Crippen LogP) is 3.61. The number of aryl methyl sites for hydroxylation is 1. The Bertz CT molecular complexity index is 1090. The summed E-state index contributed by atoms with van der Waals surface area (Å²) in [6.07, 6.45) is 1.82. The van der Waals surface area contributed by atoms with Gasteiger partial charge in [-0.3, -0.25) is 4.79 Å². The summed E-state index contributed by atoms with van der Waals surface area (Å²) < 4.78 is 26.5. The van der Waals surface area contributed by atoms with Crippen LogP contribution in [-0.4, -0.2) is 46.3 Å². The lowest BCUT2D eigenvalue weighted by Gasteiger charge is -2.36. The molecule has 0 saturated carbocycles. The number of hydrogen-bond donors (Lipinski definition) is 1. The highest BCUT2D eigenvalue weighted by atomic mass is 35.5. The summed E-state index contributed by atoms with van der Waals surface area (Å²) in [6.45, 7) is 4.01. The fraction of sp³-hybridized carbons (Fsp3) is 0.444. The number of fused-ring (bicyclic) bond motifs is 2. The number of halogens is 1. The van der Waals surface area contributed by atoms with Crippen molar-refractivity contribution in [2.75, 3.05) is 17.3 Å². The molecule has 1 aromatic heterocycles. The number of sulfone groups is 1. The molecule has 150 valence electrons. The first-order chi connectivity index (χ1) is 13.2. The maximum Gasteiger partial charge on any atom is 0.220 e. The van der Waals surface area contributed by atoms with Gasteiger partial charge in [-0.2, -0.15) is 5.10 Å². The van der Waals surface area contributed by atoms with Crippen molar-refractivity contribution in [1.82, 2.24) is 9.78 Å². The lowest BCUT2D eigenvalue weighted by atomic mass is 9.93. The zero-order valence-corrected chi connectivity index (χ0v) is 18.6. The van der Waals surface area contributed by atoms with Crippen LogP contribution in [0.5, 0.6) is 5.88 Å². The first kappa shape index (κ1) is 20.1. The van der Waals surface area contributed by atoms with Crippen molar-refractivity contribution >= 4 is 50.7 Å². The minimum absolute atomic E-state index is 0.0521. The van der Waals surface area contributed by atoms with E-state index in [0.29, 0.717) is 29.7 Å². The molecule has 1 N–H and O–H groups in total. The second-order valence-corrected chi connectivity index (χ2v) is 12.3. The number of thioether (sulfide) groups is 2. The van der Waals surface area contributed by atoms with Crippen LogP contribution < -0.4 is 0 Å². The Morgan fingerprint density at radius 1 is 1.36 bits per heavy atom. The second kappa shape index (κ2) is 6.97. The Labute approximate surface area is 176 Å². The van der Waals surface area contributed by atoms with E-state index in [1.54, 1.807) is 30.4 Å². The quantitative estimate of drug-likeness (QED) is 0.702. The van der Waals surface area contributed by atoms with E-state index in [0.717, 1.165) is 11.5 Å². The van der Waals surface area contributed by atoms with Gasteiger partial charge >= 0.3 is 0 Å². The maximum atomic E-state index is 13.2.